The Kier molecular flexibility index (Phi) is 4.86. The first kappa shape index (κ1) is 12.3. The number of carbonyl (C=O) groups excluding carboxylic acids is 1. The Hall–Kier alpha value is -0.790. The third-order valence-corrected chi connectivity index (χ3v) is 2.83. The van der Waals surface area contributed by atoms with E-state index in [0.29, 0.717) is 12.5 Å². The molecule has 0 aromatic carbocycles. The van der Waals surface area contributed by atoms with Crippen LogP contribution in [0.1, 0.15) is 52.9 Å². The van der Waals surface area contributed by atoms with Gasteiger partial charge in [0.05, 0.1) is 0 Å². The zero-order valence-electron chi connectivity index (χ0n) is 10.2. The molecule has 2 heteroatoms. The van der Waals surface area contributed by atoms with Crippen molar-refractivity contribution in [3.63, 3.8) is 0 Å². The second-order valence-corrected chi connectivity index (χ2v) is 5.01. The Labute approximate surface area is 93.1 Å². The lowest BCUT2D eigenvalue weighted by molar-refractivity contribution is -0.114. The van der Waals surface area contributed by atoms with Gasteiger partial charge < -0.3 is 5.32 Å². The summed E-state index contributed by atoms with van der Waals surface area (Å²) in [6, 6.07) is 0.501. The van der Waals surface area contributed by atoms with Crippen LogP contribution in [0, 0.1) is 5.92 Å². The van der Waals surface area contributed by atoms with Crippen molar-refractivity contribution in [1.82, 2.24) is 5.32 Å². The lowest BCUT2D eigenvalue weighted by atomic mass is 10.0. The van der Waals surface area contributed by atoms with Gasteiger partial charge in [0.25, 0.3) is 0 Å². The molecule has 0 aromatic rings. The van der Waals surface area contributed by atoms with Gasteiger partial charge in [-0.3, -0.25) is 4.79 Å². The van der Waals surface area contributed by atoms with E-state index in [2.05, 4.69) is 26.1 Å². The summed E-state index contributed by atoms with van der Waals surface area (Å²) >= 11 is 0. The molecule has 0 bridgehead atoms. The molecule has 0 heterocycles. The molecule has 2 nitrogen and oxygen atoms in total. The van der Waals surface area contributed by atoms with Crippen molar-refractivity contribution in [2.45, 2.75) is 58.9 Å². The van der Waals surface area contributed by atoms with Crippen molar-refractivity contribution in [3.8, 4) is 0 Å². The number of hydrogen-bond donors (Lipinski definition) is 1. The fourth-order valence-corrected chi connectivity index (χ4v) is 1.93. The van der Waals surface area contributed by atoms with Crippen molar-refractivity contribution < 1.29 is 4.79 Å². The zero-order valence-corrected chi connectivity index (χ0v) is 10.2. The third-order valence-electron chi connectivity index (χ3n) is 2.83. The van der Waals surface area contributed by atoms with Crippen molar-refractivity contribution >= 4 is 5.78 Å². The van der Waals surface area contributed by atoms with Gasteiger partial charge in [-0.25, -0.2) is 0 Å². The van der Waals surface area contributed by atoms with Crippen LogP contribution in [0.2, 0.25) is 0 Å². The Balaban J connectivity index is 2.16. The third kappa shape index (κ3) is 5.01. The van der Waals surface area contributed by atoms with E-state index in [1.54, 1.807) is 6.08 Å². The molecule has 0 fully saturated rings. The van der Waals surface area contributed by atoms with E-state index < -0.39 is 0 Å². The molecular weight excluding hydrogens is 186 g/mol. The van der Waals surface area contributed by atoms with E-state index in [9.17, 15) is 4.79 Å². The average molecular weight is 209 g/mol. The second kappa shape index (κ2) is 5.94. The molecule has 0 spiro atoms. The van der Waals surface area contributed by atoms with Crippen LogP contribution in [0.5, 0.6) is 0 Å². The molecule has 1 N–H and O–H groups in total. The van der Waals surface area contributed by atoms with Crippen LogP contribution in [-0.2, 0) is 4.79 Å². The summed E-state index contributed by atoms with van der Waals surface area (Å²) in [5.41, 5.74) is 1.14. The van der Waals surface area contributed by atoms with Gasteiger partial charge >= 0.3 is 0 Å². The number of hydrogen-bond acceptors (Lipinski definition) is 2. The molecule has 0 aromatic heterocycles. The lowest BCUT2D eigenvalue weighted by Gasteiger charge is -2.16. The van der Waals surface area contributed by atoms with E-state index in [1.165, 1.54) is 19.3 Å². The number of rotatable bonds is 6. The quantitative estimate of drug-likeness (QED) is 0.728. The molecule has 0 saturated carbocycles. The highest BCUT2D eigenvalue weighted by Gasteiger charge is 2.13. The SMILES string of the molecule is CC(C)CCCC(C)NC1=CC(=O)CC1. The fourth-order valence-electron chi connectivity index (χ4n) is 1.93. The molecular formula is C13H23NO. The first-order valence-electron chi connectivity index (χ1n) is 6.08. The van der Waals surface area contributed by atoms with Crippen LogP contribution < -0.4 is 5.32 Å². The fraction of sp³-hybridized carbons (Fsp3) is 0.769. The second-order valence-electron chi connectivity index (χ2n) is 5.01. The zero-order chi connectivity index (χ0) is 11.3. The summed E-state index contributed by atoms with van der Waals surface area (Å²) < 4.78 is 0. The van der Waals surface area contributed by atoms with Crippen LogP contribution in [0.3, 0.4) is 0 Å². The monoisotopic (exact) mass is 209 g/mol. The number of nitrogens with one attached hydrogen (secondary N) is 1. The Morgan fingerprint density at radius 3 is 2.53 bits per heavy atom. The molecule has 1 atom stereocenters. The first-order valence-corrected chi connectivity index (χ1v) is 6.08. The van der Waals surface area contributed by atoms with Gasteiger partial charge in [-0.15, -0.1) is 0 Å². The van der Waals surface area contributed by atoms with Gasteiger partial charge in [-0.1, -0.05) is 26.7 Å². The smallest absolute Gasteiger partial charge is 0.157 e. The molecule has 0 saturated heterocycles. The van der Waals surface area contributed by atoms with Gasteiger partial charge in [0.1, 0.15) is 0 Å². The predicted octanol–water partition coefficient (Wildman–Crippen LogP) is 3.04. The van der Waals surface area contributed by atoms with Crippen molar-refractivity contribution in [1.29, 1.82) is 0 Å². The van der Waals surface area contributed by atoms with Crippen LogP contribution in [0.15, 0.2) is 11.8 Å². The number of allylic oxidation sites excluding steroid dienone is 2. The molecule has 0 radical (unpaired) electrons. The molecule has 1 aliphatic carbocycles. The normalized spacial score (nSPS) is 18.1. The van der Waals surface area contributed by atoms with Gasteiger partial charge in [0.15, 0.2) is 5.78 Å². The van der Waals surface area contributed by atoms with E-state index >= 15 is 0 Å². The van der Waals surface area contributed by atoms with E-state index in [1.807, 2.05) is 0 Å². The maximum atomic E-state index is 11.0. The van der Waals surface area contributed by atoms with E-state index in [4.69, 9.17) is 0 Å². The lowest BCUT2D eigenvalue weighted by Crippen LogP contribution is -2.24. The minimum Gasteiger partial charge on any atom is -0.386 e. The van der Waals surface area contributed by atoms with Crippen molar-refractivity contribution in [2.24, 2.45) is 5.92 Å². The minimum atomic E-state index is 0.270. The summed E-state index contributed by atoms with van der Waals surface area (Å²) in [4.78, 5) is 11.0. The van der Waals surface area contributed by atoms with Crippen LogP contribution in [0.4, 0.5) is 0 Å². The highest BCUT2D eigenvalue weighted by atomic mass is 16.1. The molecule has 0 aliphatic heterocycles. The highest BCUT2D eigenvalue weighted by Crippen LogP contribution is 2.14. The van der Waals surface area contributed by atoms with Gasteiger partial charge in [0.2, 0.25) is 0 Å². The number of carbonyl (C=O) groups is 1. The van der Waals surface area contributed by atoms with Crippen molar-refractivity contribution in [2.75, 3.05) is 0 Å². The largest absolute Gasteiger partial charge is 0.386 e. The summed E-state index contributed by atoms with van der Waals surface area (Å²) in [6.07, 6.45) is 7.13. The van der Waals surface area contributed by atoms with Crippen LogP contribution >= 0.6 is 0 Å². The van der Waals surface area contributed by atoms with Crippen LogP contribution in [0.25, 0.3) is 0 Å². The van der Waals surface area contributed by atoms with Crippen LogP contribution in [-0.4, -0.2) is 11.8 Å². The topological polar surface area (TPSA) is 29.1 Å². The first-order chi connectivity index (χ1) is 7.08. The maximum absolute atomic E-state index is 11.0. The average Bonchev–Trinajstić information content (AvgIpc) is 2.50. The molecule has 0 amide bonds. The van der Waals surface area contributed by atoms with Gasteiger partial charge in [-0.2, -0.15) is 0 Å². The molecule has 1 rings (SSSR count). The van der Waals surface area contributed by atoms with Crippen molar-refractivity contribution in [3.05, 3.63) is 11.8 Å². The molecule has 15 heavy (non-hydrogen) atoms. The van der Waals surface area contributed by atoms with Gasteiger partial charge in [0, 0.05) is 24.2 Å². The Morgan fingerprint density at radius 1 is 1.27 bits per heavy atom. The number of ketones is 1. The predicted molar refractivity (Wildman–Crippen MR) is 63.6 cm³/mol. The standard InChI is InChI=1S/C13H23NO/c1-10(2)5-4-6-11(3)14-12-7-8-13(15)9-12/h9-11,14H,4-8H2,1-3H3. The maximum Gasteiger partial charge on any atom is 0.157 e. The van der Waals surface area contributed by atoms with E-state index in [-0.39, 0.29) is 5.78 Å². The summed E-state index contributed by atoms with van der Waals surface area (Å²) in [5, 5.41) is 3.42. The molecule has 1 aliphatic rings. The molecule has 86 valence electrons. The summed E-state index contributed by atoms with van der Waals surface area (Å²) in [5.74, 6) is 1.07. The molecule has 1 unspecified atom stereocenters. The summed E-state index contributed by atoms with van der Waals surface area (Å²) in [6.45, 7) is 6.72. The Bertz CT molecular complexity index is 243. The Morgan fingerprint density at radius 2 is 2.00 bits per heavy atom. The minimum absolute atomic E-state index is 0.270. The highest BCUT2D eigenvalue weighted by molar-refractivity contribution is 5.92. The van der Waals surface area contributed by atoms with Gasteiger partial charge in [-0.05, 0) is 25.7 Å². The summed E-state index contributed by atoms with van der Waals surface area (Å²) in [7, 11) is 0. The van der Waals surface area contributed by atoms with E-state index in [0.717, 1.165) is 18.0 Å².